The van der Waals surface area contributed by atoms with E-state index in [0.717, 1.165) is 26.1 Å². The van der Waals surface area contributed by atoms with Crippen molar-refractivity contribution >= 4 is 5.91 Å². The van der Waals surface area contributed by atoms with Gasteiger partial charge in [-0.15, -0.1) is 0 Å². The highest BCUT2D eigenvalue weighted by Crippen LogP contribution is 2.49. The van der Waals surface area contributed by atoms with Crippen molar-refractivity contribution in [3.63, 3.8) is 0 Å². The van der Waals surface area contributed by atoms with Gasteiger partial charge in [-0.05, 0) is 37.6 Å². The van der Waals surface area contributed by atoms with Crippen LogP contribution in [0.25, 0.3) is 0 Å². The Bertz CT molecular complexity index is 294. The number of hydrogen-bond donors (Lipinski definition) is 2. The summed E-state index contributed by atoms with van der Waals surface area (Å²) in [5.74, 6) is 0.178. The molecular weight excluding hydrogens is 228 g/mol. The SMILES string of the molecule is CCCC1(CNC(=O)C2(COC)CCNC2)CC1. The fourth-order valence-corrected chi connectivity index (χ4v) is 3.08. The molecule has 1 saturated carbocycles. The van der Waals surface area contributed by atoms with E-state index in [1.165, 1.54) is 25.7 Å². The molecule has 4 heteroatoms. The lowest BCUT2D eigenvalue weighted by Crippen LogP contribution is -2.47. The van der Waals surface area contributed by atoms with Gasteiger partial charge in [0.25, 0.3) is 0 Å². The molecule has 0 aromatic heterocycles. The van der Waals surface area contributed by atoms with Crippen LogP contribution in [0.5, 0.6) is 0 Å². The van der Waals surface area contributed by atoms with Crippen LogP contribution in [-0.4, -0.2) is 39.3 Å². The Hall–Kier alpha value is -0.610. The molecule has 2 fully saturated rings. The molecule has 1 aliphatic carbocycles. The van der Waals surface area contributed by atoms with E-state index < -0.39 is 0 Å². The van der Waals surface area contributed by atoms with Crippen molar-refractivity contribution in [3.8, 4) is 0 Å². The summed E-state index contributed by atoms with van der Waals surface area (Å²) in [7, 11) is 1.67. The molecule has 1 amide bonds. The molecule has 2 N–H and O–H groups in total. The minimum absolute atomic E-state index is 0.178. The second-order valence-corrected chi connectivity index (χ2v) is 6.07. The molecule has 1 atom stereocenters. The third kappa shape index (κ3) is 2.86. The van der Waals surface area contributed by atoms with E-state index >= 15 is 0 Å². The first-order valence-electron chi connectivity index (χ1n) is 7.14. The second-order valence-electron chi connectivity index (χ2n) is 6.07. The van der Waals surface area contributed by atoms with Crippen molar-refractivity contribution < 1.29 is 9.53 Å². The molecule has 18 heavy (non-hydrogen) atoms. The average molecular weight is 254 g/mol. The summed E-state index contributed by atoms with van der Waals surface area (Å²) in [5.41, 5.74) is 0.0851. The average Bonchev–Trinajstić information content (AvgIpc) is 2.95. The van der Waals surface area contributed by atoms with Crippen LogP contribution >= 0.6 is 0 Å². The van der Waals surface area contributed by atoms with Gasteiger partial charge in [-0.3, -0.25) is 4.79 Å². The molecule has 1 heterocycles. The normalized spacial score (nSPS) is 29.2. The van der Waals surface area contributed by atoms with E-state index in [1.54, 1.807) is 7.11 Å². The van der Waals surface area contributed by atoms with Gasteiger partial charge in [0.2, 0.25) is 5.91 Å². The smallest absolute Gasteiger partial charge is 0.229 e. The van der Waals surface area contributed by atoms with E-state index in [-0.39, 0.29) is 11.3 Å². The number of rotatable bonds is 7. The maximum absolute atomic E-state index is 12.4. The van der Waals surface area contributed by atoms with E-state index in [4.69, 9.17) is 4.74 Å². The van der Waals surface area contributed by atoms with Gasteiger partial charge < -0.3 is 15.4 Å². The summed E-state index contributed by atoms with van der Waals surface area (Å²) in [6.07, 6.45) is 5.88. The molecule has 2 aliphatic rings. The first kappa shape index (κ1) is 13.8. The van der Waals surface area contributed by atoms with E-state index in [1.807, 2.05) is 0 Å². The van der Waals surface area contributed by atoms with Crippen molar-refractivity contribution in [3.05, 3.63) is 0 Å². The number of carbonyl (C=O) groups excluding carboxylic acids is 1. The zero-order chi connectivity index (χ0) is 13.1. The minimum atomic E-state index is -0.336. The summed E-state index contributed by atoms with van der Waals surface area (Å²) in [6.45, 7) is 5.25. The summed E-state index contributed by atoms with van der Waals surface area (Å²) in [6, 6.07) is 0. The third-order valence-corrected chi connectivity index (χ3v) is 4.51. The van der Waals surface area contributed by atoms with Gasteiger partial charge in [-0.2, -0.15) is 0 Å². The first-order valence-corrected chi connectivity index (χ1v) is 7.14. The zero-order valence-corrected chi connectivity index (χ0v) is 11.7. The molecule has 2 rings (SSSR count). The molecule has 0 bridgehead atoms. The van der Waals surface area contributed by atoms with Gasteiger partial charge in [0.05, 0.1) is 12.0 Å². The Morgan fingerprint density at radius 1 is 1.39 bits per heavy atom. The molecule has 0 aromatic carbocycles. The monoisotopic (exact) mass is 254 g/mol. The molecule has 4 nitrogen and oxygen atoms in total. The summed E-state index contributed by atoms with van der Waals surface area (Å²) >= 11 is 0. The highest BCUT2D eigenvalue weighted by Gasteiger charge is 2.45. The highest BCUT2D eigenvalue weighted by molar-refractivity contribution is 5.83. The second kappa shape index (κ2) is 5.57. The van der Waals surface area contributed by atoms with Gasteiger partial charge in [-0.25, -0.2) is 0 Å². The number of nitrogens with one attached hydrogen (secondary N) is 2. The van der Waals surface area contributed by atoms with Crippen LogP contribution in [0.2, 0.25) is 0 Å². The molecule has 1 saturated heterocycles. The summed E-state index contributed by atoms with van der Waals surface area (Å²) < 4.78 is 5.24. The maximum Gasteiger partial charge on any atom is 0.229 e. The van der Waals surface area contributed by atoms with Crippen LogP contribution in [0.4, 0.5) is 0 Å². The Morgan fingerprint density at radius 2 is 2.17 bits per heavy atom. The molecule has 0 spiro atoms. The van der Waals surface area contributed by atoms with Crippen LogP contribution in [0.15, 0.2) is 0 Å². The van der Waals surface area contributed by atoms with Gasteiger partial charge >= 0.3 is 0 Å². The standard InChI is InChI=1S/C14H26N2O2/c1-3-4-13(5-6-13)9-16-12(17)14(11-18-2)7-8-15-10-14/h15H,3-11H2,1-2H3,(H,16,17). The van der Waals surface area contributed by atoms with Gasteiger partial charge in [-0.1, -0.05) is 13.3 Å². The van der Waals surface area contributed by atoms with Crippen LogP contribution in [0.1, 0.15) is 39.0 Å². The molecule has 0 aromatic rings. The van der Waals surface area contributed by atoms with Gasteiger partial charge in [0, 0.05) is 20.2 Å². The first-order chi connectivity index (χ1) is 8.66. The molecule has 1 unspecified atom stereocenters. The van der Waals surface area contributed by atoms with Crippen molar-refractivity contribution in [2.24, 2.45) is 10.8 Å². The topological polar surface area (TPSA) is 50.4 Å². The predicted octanol–water partition coefficient (Wildman–Crippen LogP) is 1.31. The molecular formula is C14H26N2O2. The predicted molar refractivity (Wildman–Crippen MR) is 71.4 cm³/mol. The van der Waals surface area contributed by atoms with Crippen molar-refractivity contribution in [1.29, 1.82) is 0 Å². The lowest BCUT2D eigenvalue weighted by molar-refractivity contribution is -0.133. The number of ether oxygens (including phenoxy) is 1. The lowest BCUT2D eigenvalue weighted by Gasteiger charge is -2.27. The molecule has 0 radical (unpaired) electrons. The summed E-state index contributed by atoms with van der Waals surface area (Å²) in [4.78, 5) is 12.4. The Kier molecular flexibility index (Phi) is 4.28. The fraction of sp³-hybridized carbons (Fsp3) is 0.929. The third-order valence-electron chi connectivity index (χ3n) is 4.51. The number of hydrogen-bond acceptors (Lipinski definition) is 3. The Labute approximate surface area is 110 Å². The maximum atomic E-state index is 12.4. The fourth-order valence-electron chi connectivity index (χ4n) is 3.08. The van der Waals surface area contributed by atoms with Crippen molar-refractivity contribution in [2.75, 3.05) is 33.4 Å². The Balaban J connectivity index is 1.86. The summed E-state index contributed by atoms with van der Waals surface area (Å²) in [5, 5.41) is 6.45. The van der Waals surface area contributed by atoms with Gasteiger partial charge in [0.15, 0.2) is 0 Å². The highest BCUT2D eigenvalue weighted by atomic mass is 16.5. The van der Waals surface area contributed by atoms with Crippen LogP contribution in [0, 0.1) is 10.8 Å². The molecule has 1 aliphatic heterocycles. The number of methoxy groups -OCH3 is 1. The Morgan fingerprint density at radius 3 is 2.67 bits per heavy atom. The van der Waals surface area contributed by atoms with E-state index in [0.29, 0.717) is 12.0 Å². The van der Waals surface area contributed by atoms with Crippen molar-refractivity contribution in [1.82, 2.24) is 10.6 Å². The quantitative estimate of drug-likeness (QED) is 0.720. The zero-order valence-electron chi connectivity index (χ0n) is 11.7. The van der Waals surface area contributed by atoms with E-state index in [9.17, 15) is 4.79 Å². The lowest BCUT2D eigenvalue weighted by atomic mass is 9.86. The minimum Gasteiger partial charge on any atom is -0.384 e. The van der Waals surface area contributed by atoms with Crippen molar-refractivity contribution in [2.45, 2.75) is 39.0 Å². The van der Waals surface area contributed by atoms with E-state index in [2.05, 4.69) is 17.6 Å². The molecule has 104 valence electrons. The van der Waals surface area contributed by atoms with Crippen LogP contribution < -0.4 is 10.6 Å². The largest absolute Gasteiger partial charge is 0.384 e. The number of amides is 1. The number of carbonyl (C=O) groups is 1. The van der Waals surface area contributed by atoms with Crippen LogP contribution in [0.3, 0.4) is 0 Å². The van der Waals surface area contributed by atoms with Gasteiger partial charge in [0.1, 0.15) is 0 Å². The van der Waals surface area contributed by atoms with Crippen LogP contribution in [-0.2, 0) is 9.53 Å².